The van der Waals surface area contributed by atoms with Crippen molar-refractivity contribution < 1.29 is 27.2 Å². The van der Waals surface area contributed by atoms with E-state index < -0.39 is 18.0 Å². The zero-order valence-corrected chi connectivity index (χ0v) is 11.3. The van der Waals surface area contributed by atoms with Gasteiger partial charge in [-0.15, -0.1) is 0 Å². The lowest BCUT2D eigenvalue weighted by atomic mass is 10.1. The summed E-state index contributed by atoms with van der Waals surface area (Å²) in [5, 5.41) is 4.29. The molecule has 0 spiro atoms. The number of hydrogen-bond donors (Lipinski definition) is 2. The van der Waals surface area contributed by atoms with Crippen LogP contribution in [0, 0.1) is 6.92 Å². The van der Waals surface area contributed by atoms with Crippen LogP contribution in [0.1, 0.15) is 16.1 Å². The molecule has 1 heterocycles. The summed E-state index contributed by atoms with van der Waals surface area (Å²) in [5.41, 5.74) is 0.863. The van der Waals surface area contributed by atoms with Crippen molar-refractivity contribution in [3.63, 3.8) is 0 Å². The molecule has 0 unspecified atom stereocenters. The van der Waals surface area contributed by atoms with Gasteiger partial charge in [0.1, 0.15) is 0 Å². The maximum atomic E-state index is 12.2. The van der Waals surface area contributed by atoms with E-state index in [4.69, 9.17) is 4.42 Å². The quantitative estimate of drug-likeness (QED) is 0.913. The molecule has 1 aromatic heterocycles. The van der Waals surface area contributed by atoms with Gasteiger partial charge in [0, 0.05) is 11.4 Å². The predicted molar refractivity (Wildman–Crippen MR) is 72.5 cm³/mol. The van der Waals surface area contributed by atoms with Gasteiger partial charge in [-0.3, -0.25) is 9.59 Å². The molecular formula is C14H11F3N2O3. The first kappa shape index (κ1) is 15.6. The minimum atomic E-state index is -4.96. The van der Waals surface area contributed by atoms with E-state index >= 15 is 0 Å². The summed E-state index contributed by atoms with van der Waals surface area (Å²) in [6.45, 7) is 1.58. The topological polar surface area (TPSA) is 71.3 Å². The van der Waals surface area contributed by atoms with Crippen molar-refractivity contribution in [1.82, 2.24) is 0 Å². The third kappa shape index (κ3) is 3.66. The average Bonchev–Trinajstić information content (AvgIpc) is 2.94. The van der Waals surface area contributed by atoms with Gasteiger partial charge in [0.05, 0.1) is 6.26 Å². The van der Waals surface area contributed by atoms with E-state index in [1.807, 2.05) is 0 Å². The van der Waals surface area contributed by atoms with Crippen LogP contribution in [0.2, 0.25) is 0 Å². The standard InChI is InChI=1S/C14H11F3N2O3/c1-8-7-9(18-13(21)14(15,16)17)4-5-10(8)19-12(20)11-3-2-6-22-11/h2-7H,1H3,(H,18,21)(H,19,20). The number of furan rings is 1. The molecule has 2 amide bonds. The van der Waals surface area contributed by atoms with Crippen LogP contribution in [0.5, 0.6) is 0 Å². The number of rotatable bonds is 3. The van der Waals surface area contributed by atoms with Gasteiger partial charge in [-0.1, -0.05) is 0 Å². The minimum absolute atomic E-state index is 0.0178. The lowest BCUT2D eigenvalue weighted by Crippen LogP contribution is -2.29. The molecule has 116 valence electrons. The molecule has 0 aliphatic carbocycles. The Labute approximate surface area is 123 Å². The lowest BCUT2D eigenvalue weighted by molar-refractivity contribution is -0.167. The largest absolute Gasteiger partial charge is 0.471 e. The number of hydrogen-bond acceptors (Lipinski definition) is 3. The molecule has 2 aromatic rings. The van der Waals surface area contributed by atoms with E-state index in [9.17, 15) is 22.8 Å². The van der Waals surface area contributed by atoms with E-state index in [1.54, 1.807) is 18.3 Å². The molecular weight excluding hydrogens is 301 g/mol. The van der Waals surface area contributed by atoms with Gasteiger partial charge in [-0.2, -0.15) is 13.2 Å². The van der Waals surface area contributed by atoms with Crippen LogP contribution in [0.25, 0.3) is 0 Å². The van der Waals surface area contributed by atoms with Gasteiger partial charge in [-0.25, -0.2) is 0 Å². The van der Waals surface area contributed by atoms with Crippen LogP contribution in [0.15, 0.2) is 41.0 Å². The van der Waals surface area contributed by atoms with Crippen LogP contribution in [0.4, 0.5) is 24.5 Å². The molecule has 0 fully saturated rings. The summed E-state index contributed by atoms with van der Waals surface area (Å²) in [7, 11) is 0. The highest BCUT2D eigenvalue weighted by Gasteiger charge is 2.38. The van der Waals surface area contributed by atoms with Gasteiger partial charge in [0.2, 0.25) is 0 Å². The second-order valence-corrected chi connectivity index (χ2v) is 4.41. The molecule has 1 aromatic carbocycles. The molecule has 2 N–H and O–H groups in total. The summed E-state index contributed by atoms with van der Waals surface area (Å²) in [4.78, 5) is 22.6. The smallest absolute Gasteiger partial charge is 0.459 e. The fourth-order valence-corrected chi connectivity index (χ4v) is 1.68. The van der Waals surface area contributed by atoms with Crippen LogP contribution >= 0.6 is 0 Å². The highest BCUT2D eigenvalue weighted by molar-refractivity contribution is 6.03. The van der Waals surface area contributed by atoms with Gasteiger partial charge in [-0.05, 0) is 42.8 Å². The number of aryl methyl sites for hydroxylation is 1. The SMILES string of the molecule is Cc1cc(NC(=O)C(F)(F)F)ccc1NC(=O)c1ccco1. The monoisotopic (exact) mass is 312 g/mol. The van der Waals surface area contributed by atoms with Crippen molar-refractivity contribution in [2.75, 3.05) is 10.6 Å². The summed E-state index contributed by atoms with van der Waals surface area (Å²) in [5.74, 6) is -2.44. The number of nitrogens with one attached hydrogen (secondary N) is 2. The Morgan fingerprint density at radius 3 is 2.41 bits per heavy atom. The van der Waals surface area contributed by atoms with E-state index in [0.29, 0.717) is 11.3 Å². The Kier molecular flexibility index (Phi) is 4.20. The van der Waals surface area contributed by atoms with E-state index in [2.05, 4.69) is 5.32 Å². The number of amides is 2. The summed E-state index contributed by atoms with van der Waals surface area (Å²) >= 11 is 0. The zero-order valence-electron chi connectivity index (χ0n) is 11.3. The maximum Gasteiger partial charge on any atom is 0.471 e. The third-order valence-corrected chi connectivity index (χ3v) is 2.73. The number of anilines is 2. The van der Waals surface area contributed by atoms with E-state index in [1.165, 1.54) is 30.5 Å². The molecule has 8 heteroatoms. The van der Waals surface area contributed by atoms with E-state index in [0.717, 1.165) is 0 Å². The second kappa shape index (κ2) is 5.92. The van der Waals surface area contributed by atoms with Crippen LogP contribution in [-0.4, -0.2) is 18.0 Å². The Morgan fingerprint density at radius 1 is 1.14 bits per heavy atom. The number of alkyl halides is 3. The molecule has 0 saturated carbocycles. The van der Waals surface area contributed by atoms with Gasteiger partial charge in [0.25, 0.3) is 5.91 Å². The Hall–Kier alpha value is -2.77. The highest BCUT2D eigenvalue weighted by atomic mass is 19.4. The first-order valence-corrected chi connectivity index (χ1v) is 6.11. The van der Waals surface area contributed by atoms with Crippen molar-refractivity contribution in [2.45, 2.75) is 13.1 Å². The summed E-state index contributed by atoms with van der Waals surface area (Å²) < 4.78 is 41.4. The van der Waals surface area contributed by atoms with Gasteiger partial charge in [0.15, 0.2) is 5.76 Å². The molecule has 5 nitrogen and oxygen atoms in total. The van der Waals surface area contributed by atoms with E-state index in [-0.39, 0.29) is 11.4 Å². The predicted octanol–water partition coefficient (Wildman–Crippen LogP) is 3.34. The molecule has 0 saturated heterocycles. The van der Waals surface area contributed by atoms with Gasteiger partial charge < -0.3 is 15.1 Å². The second-order valence-electron chi connectivity index (χ2n) is 4.41. The molecule has 0 atom stereocenters. The number of carbonyl (C=O) groups excluding carboxylic acids is 2. The number of halogens is 3. The molecule has 2 rings (SSSR count). The fraction of sp³-hybridized carbons (Fsp3) is 0.143. The first-order valence-electron chi connectivity index (χ1n) is 6.11. The summed E-state index contributed by atoms with van der Waals surface area (Å²) in [6, 6.07) is 7.00. The molecule has 0 aliphatic heterocycles. The average molecular weight is 312 g/mol. The molecule has 0 radical (unpaired) electrons. The normalized spacial score (nSPS) is 11.1. The first-order chi connectivity index (χ1) is 10.3. The molecule has 0 bridgehead atoms. The lowest BCUT2D eigenvalue weighted by Gasteiger charge is -2.11. The van der Waals surface area contributed by atoms with Gasteiger partial charge >= 0.3 is 12.1 Å². The van der Waals surface area contributed by atoms with Crippen LogP contribution < -0.4 is 10.6 Å². The number of benzene rings is 1. The molecule has 22 heavy (non-hydrogen) atoms. The maximum absolute atomic E-state index is 12.2. The van der Waals surface area contributed by atoms with Crippen molar-refractivity contribution in [1.29, 1.82) is 0 Å². The van der Waals surface area contributed by atoms with Crippen molar-refractivity contribution in [3.05, 3.63) is 47.9 Å². The van der Waals surface area contributed by atoms with Crippen molar-refractivity contribution >= 4 is 23.2 Å². The van der Waals surface area contributed by atoms with Crippen molar-refractivity contribution in [2.24, 2.45) is 0 Å². The summed E-state index contributed by atoms with van der Waals surface area (Å²) in [6.07, 6.45) is -3.61. The minimum Gasteiger partial charge on any atom is -0.459 e. The fourth-order valence-electron chi connectivity index (χ4n) is 1.68. The highest BCUT2D eigenvalue weighted by Crippen LogP contribution is 2.23. The Balaban J connectivity index is 2.10. The van der Waals surface area contributed by atoms with Crippen LogP contribution in [0.3, 0.4) is 0 Å². The zero-order chi connectivity index (χ0) is 16.3. The van der Waals surface area contributed by atoms with Crippen molar-refractivity contribution in [3.8, 4) is 0 Å². The van der Waals surface area contributed by atoms with Crippen LogP contribution in [-0.2, 0) is 4.79 Å². The third-order valence-electron chi connectivity index (χ3n) is 2.73. The number of carbonyl (C=O) groups is 2. The Bertz CT molecular complexity index is 694. The molecule has 0 aliphatic rings. The Morgan fingerprint density at radius 2 is 1.86 bits per heavy atom.